The molecular weight excluding hydrogens is 253 g/mol. The highest BCUT2D eigenvalue weighted by atomic mass is 19.4. The van der Waals surface area contributed by atoms with Crippen molar-refractivity contribution in [1.29, 1.82) is 5.26 Å². The Morgan fingerprint density at radius 1 is 1.44 bits per heavy atom. The van der Waals surface area contributed by atoms with Gasteiger partial charge in [0.1, 0.15) is 0 Å². The lowest BCUT2D eigenvalue weighted by molar-refractivity contribution is -0.385. The number of carbonyl (C=O) groups excluding carboxylic acids is 1. The number of hydrogen-bond acceptors (Lipinski definition) is 4. The molecule has 0 radical (unpaired) electrons. The van der Waals surface area contributed by atoms with Crippen molar-refractivity contribution in [2.24, 2.45) is 0 Å². The zero-order valence-electron chi connectivity index (χ0n) is 8.69. The number of halogens is 3. The predicted octanol–water partition coefficient (Wildman–Crippen LogP) is 2.49. The molecule has 18 heavy (non-hydrogen) atoms. The Bertz CT molecular complexity index is 547. The zero-order valence-corrected chi connectivity index (χ0v) is 8.69. The maximum Gasteiger partial charge on any atom is 0.416 e. The summed E-state index contributed by atoms with van der Waals surface area (Å²) in [5, 5.41) is 19.0. The van der Waals surface area contributed by atoms with Gasteiger partial charge < -0.3 is 0 Å². The summed E-state index contributed by atoms with van der Waals surface area (Å²) >= 11 is 0. The first-order valence-electron chi connectivity index (χ1n) is 4.52. The van der Waals surface area contributed by atoms with E-state index in [0.29, 0.717) is 0 Å². The van der Waals surface area contributed by atoms with E-state index in [1.807, 2.05) is 0 Å². The number of nitro benzene ring substituents is 1. The van der Waals surface area contributed by atoms with Gasteiger partial charge in [0.05, 0.1) is 28.5 Å². The molecule has 5 nitrogen and oxygen atoms in total. The van der Waals surface area contributed by atoms with Gasteiger partial charge in [0, 0.05) is 6.07 Å². The molecule has 0 aliphatic heterocycles. The fraction of sp³-hybridized carbons (Fsp3) is 0.200. The van der Waals surface area contributed by atoms with E-state index in [-0.39, 0.29) is 12.4 Å². The molecule has 1 aromatic rings. The minimum atomic E-state index is -4.82. The Morgan fingerprint density at radius 2 is 2.06 bits per heavy atom. The zero-order chi connectivity index (χ0) is 13.9. The highest BCUT2D eigenvalue weighted by Crippen LogP contribution is 2.35. The summed E-state index contributed by atoms with van der Waals surface area (Å²) < 4.78 is 37.9. The fourth-order valence-corrected chi connectivity index (χ4v) is 1.40. The molecular formula is C10H5F3N2O3. The van der Waals surface area contributed by atoms with E-state index >= 15 is 0 Å². The second-order valence-electron chi connectivity index (χ2n) is 3.28. The number of carbonyl (C=O) groups is 1. The lowest BCUT2D eigenvalue weighted by atomic mass is 10.00. The van der Waals surface area contributed by atoms with E-state index in [2.05, 4.69) is 0 Å². The van der Waals surface area contributed by atoms with Crippen LogP contribution >= 0.6 is 0 Å². The van der Waals surface area contributed by atoms with Gasteiger partial charge in [0.2, 0.25) is 0 Å². The minimum absolute atomic E-state index is 0.0825. The van der Waals surface area contributed by atoms with Gasteiger partial charge in [-0.3, -0.25) is 14.9 Å². The summed E-state index contributed by atoms with van der Waals surface area (Å²) in [5.74, 6) is 0. The van der Waals surface area contributed by atoms with Crippen LogP contribution in [0.5, 0.6) is 0 Å². The van der Waals surface area contributed by atoms with Gasteiger partial charge in [0.25, 0.3) is 5.69 Å². The van der Waals surface area contributed by atoms with Crippen LogP contribution in [0, 0.1) is 21.4 Å². The van der Waals surface area contributed by atoms with Crippen molar-refractivity contribution in [3.63, 3.8) is 0 Å². The lowest BCUT2D eigenvalue weighted by Gasteiger charge is -2.11. The summed E-state index contributed by atoms with van der Waals surface area (Å²) in [5.41, 5.74) is -3.16. The third kappa shape index (κ3) is 2.63. The number of nitrogens with zero attached hydrogens (tertiary/aromatic N) is 2. The normalized spacial score (nSPS) is 10.8. The molecule has 0 heterocycles. The van der Waals surface area contributed by atoms with Crippen LogP contribution in [0.25, 0.3) is 0 Å². The third-order valence-electron chi connectivity index (χ3n) is 2.15. The first-order chi connectivity index (χ1) is 8.31. The van der Waals surface area contributed by atoms with Crippen LogP contribution in [0.3, 0.4) is 0 Å². The van der Waals surface area contributed by atoms with E-state index in [1.165, 1.54) is 6.07 Å². The number of hydrogen-bond donors (Lipinski definition) is 0. The monoisotopic (exact) mass is 258 g/mol. The molecule has 8 heteroatoms. The van der Waals surface area contributed by atoms with E-state index in [0.717, 1.165) is 6.07 Å². The molecule has 94 valence electrons. The number of nitro groups is 1. The highest BCUT2D eigenvalue weighted by molar-refractivity contribution is 5.82. The van der Waals surface area contributed by atoms with Crippen molar-refractivity contribution in [3.8, 4) is 6.07 Å². The van der Waals surface area contributed by atoms with Crippen molar-refractivity contribution in [2.75, 3.05) is 0 Å². The molecule has 0 atom stereocenters. The van der Waals surface area contributed by atoms with Crippen LogP contribution < -0.4 is 0 Å². The SMILES string of the molecule is N#CCc1cc(C=O)c([N+](=O)[O-])cc1C(F)(F)F. The van der Waals surface area contributed by atoms with Crippen molar-refractivity contribution in [1.82, 2.24) is 0 Å². The maximum atomic E-state index is 12.6. The van der Waals surface area contributed by atoms with Crippen LogP contribution in [0.15, 0.2) is 12.1 Å². The lowest BCUT2D eigenvalue weighted by Crippen LogP contribution is -2.11. The Balaban J connectivity index is 3.58. The number of rotatable bonds is 3. The molecule has 0 N–H and O–H groups in total. The quantitative estimate of drug-likeness (QED) is 0.473. The smallest absolute Gasteiger partial charge is 0.298 e. The van der Waals surface area contributed by atoms with Crippen LogP contribution in [0.2, 0.25) is 0 Å². The molecule has 1 aromatic carbocycles. The van der Waals surface area contributed by atoms with E-state index < -0.39 is 39.9 Å². The summed E-state index contributed by atoms with van der Waals surface area (Å²) in [6.45, 7) is 0. The Hall–Kier alpha value is -2.43. The number of nitriles is 1. The van der Waals surface area contributed by atoms with Crippen LogP contribution in [-0.4, -0.2) is 11.2 Å². The molecule has 0 bridgehead atoms. The Kier molecular flexibility index (Phi) is 3.66. The maximum absolute atomic E-state index is 12.6. The first-order valence-corrected chi connectivity index (χ1v) is 4.52. The van der Waals surface area contributed by atoms with Gasteiger partial charge in [-0.2, -0.15) is 18.4 Å². The van der Waals surface area contributed by atoms with E-state index in [9.17, 15) is 28.1 Å². The Labute approximate surface area is 98.6 Å². The Morgan fingerprint density at radius 3 is 2.44 bits per heavy atom. The van der Waals surface area contributed by atoms with Crippen molar-refractivity contribution >= 4 is 12.0 Å². The number of alkyl halides is 3. The molecule has 0 saturated heterocycles. The molecule has 0 spiro atoms. The highest BCUT2D eigenvalue weighted by Gasteiger charge is 2.36. The minimum Gasteiger partial charge on any atom is -0.298 e. The van der Waals surface area contributed by atoms with Gasteiger partial charge in [-0.15, -0.1) is 0 Å². The molecule has 0 fully saturated rings. The van der Waals surface area contributed by atoms with Crippen LogP contribution in [0.1, 0.15) is 21.5 Å². The van der Waals surface area contributed by atoms with E-state index in [1.54, 1.807) is 0 Å². The topological polar surface area (TPSA) is 84.0 Å². The molecule has 0 saturated carbocycles. The second kappa shape index (κ2) is 4.83. The van der Waals surface area contributed by atoms with Gasteiger partial charge in [-0.05, 0) is 11.6 Å². The average Bonchev–Trinajstić information content (AvgIpc) is 2.26. The van der Waals surface area contributed by atoms with E-state index in [4.69, 9.17) is 5.26 Å². The molecule has 0 amide bonds. The molecule has 0 unspecified atom stereocenters. The molecule has 0 aromatic heterocycles. The average molecular weight is 258 g/mol. The molecule has 1 rings (SSSR count). The van der Waals surface area contributed by atoms with Crippen molar-refractivity contribution in [2.45, 2.75) is 12.6 Å². The van der Waals surface area contributed by atoms with Crippen molar-refractivity contribution < 1.29 is 22.9 Å². The van der Waals surface area contributed by atoms with Gasteiger partial charge in [-0.25, -0.2) is 0 Å². The largest absolute Gasteiger partial charge is 0.416 e. The van der Waals surface area contributed by atoms with Crippen molar-refractivity contribution in [3.05, 3.63) is 38.9 Å². The van der Waals surface area contributed by atoms with Gasteiger partial charge >= 0.3 is 6.18 Å². The number of aldehydes is 1. The molecule has 0 aliphatic rings. The van der Waals surface area contributed by atoms with Gasteiger partial charge in [0.15, 0.2) is 6.29 Å². The summed E-state index contributed by atoms with van der Waals surface area (Å²) in [6, 6.07) is 2.50. The summed E-state index contributed by atoms with van der Waals surface area (Å²) in [7, 11) is 0. The molecule has 0 aliphatic carbocycles. The number of benzene rings is 1. The first kappa shape index (κ1) is 13.6. The fourth-order valence-electron chi connectivity index (χ4n) is 1.40. The van der Waals surface area contributed by atoms with Crippen LogP contribution in [0.4, 0.5) is 18.9 Å². The van der Waals surface area contributed by atoms with Gasteiger partial charge in [-0.1, -0.05) is 0 Å². The summed E-state index contributed by atoms with van der Waals surface area (Å²) in [6.07, 6.45) is -5.33. The predicted molar refractivity (Wildman–Crippen MR) is 52.8 cm³/mol. The standard InChI is InChI=1S/C10H5F3N2O3/c11-10(12,13)8-4-9(15(17)18)7(5-16)3-6(8)1-2-14/h3-5H,1H2. The summed E-state index contributed by atoms with van der Waals surface area (Å²) in [4.78, 5) is 20.0. The third-order valence-corrected chi connectivity index (χ3v) is 2.15. The van der Waals surface area contributed by atoms with Crippen LogP contribution in [-0.2, 0) is 12.6 Å². The second-order valence-corrected chi connectivity index (χ2v) is 3.28.